The Labute approximate surface area is 76.2 Å². The largest absolute Gasteiger partial charge is 0.393 e. The standard InChI is InChI=1S/C11H22O/c1-3-4-5-6-10-9(2)7-8-11(10)12/h9-12H,3-8H2,1-2H3/t9-,10+,11+/m1/s1. The van der Waals surface area contributed by atoms with Gasteiger partial charge in [-0.25, -0.2) is 0 Å². The van der Waals surface area contributed by atoms with Crippen molar-refractivity contribution in [2.45, 2.75) is 58.5 Å². The second-order valence-corrected chi connectivity index (χ2v) is 4.28. The fraction of sp³-hybridized carbons (Fsp3) is 1.00. The summed E-state index contributed by atoms with van der Waals surface area (Å²) in [6.45, 7) is 4.52. The molecule has 72 valence electrons. The molecule has 0 aromatic heterocycles. The third kappa shape index (κ3) is 2.48. The van der Waals surface area contributed by atoms with E-state index in [-0.39, 0.29) is 6.10 Å². The predicted molar refractivity (Wildman–Crippen MR) is 52.0 cm³/mol. The molecule has 0 radical (unpaired) electrons. The van der Waals surface area contributed by atoms with Gasteiger partial charge in [0.05, 0.1) is 6.10 Å². The molecule has 1 fully saturated rings. The van der Waals surface area contributed by atoms with Crippen molar-refractivity contribution in [3.63, 3.8) is 0 Å². The summed E-state index contributed by atoms with van der Waals surface area (Å²) in [7, 11) is 0. The summed E-state index contributed by atoms with van der Waals surface area (Å²) in [5.41, 5.74) is 0. The highest BCUT2D eigenvalue weighted by Crippen LogP contribution is 2.35. The zero-order valence-corrected chi connectivity index (χ0v) is 8.42. The SMILES string of the molecule is CCCCC[C@H]1[C@H](C)CC[C@@H]1O. The summed E-state index contributed by atoms with van der Waals surface area (Å²) in [4.78, 5) is 0. The van der Waals surface area contributed by atoms with Crippen molar-refractivity contribution in [1.29, 1.82) is 0 Å². The Morgan fingerprint density at radius 2 is 2.00 bits per heavy atom. The molecule has 0 unspecified atom stereocenters. The molecule has 1 N–H and O–H groups in total. The van der Waals surface area contributed by atoms with Crippen LogP contribution in [0.3, 0.4) is 0 Å². The van der Waals surface area contributed by atoms with Gasteiger partial charge >= 0.3 is 0 Å². The molecule has 12 heavy (non-hydrogen) atoms. The second kappa shape index (κ2) is 4.86. The first-order valence-corrected chi connectivity index (χ1v) is 5.43. The van der Waals surface area contributed by atoms with Gasteiger partial charge in [-0.05, 0) is 31.1 Å². The van der Waals surface area contributed by atoms with E-state index < -0.39 is 0 Å². The van der Waals surface area contributed by atoms with E-state index in [1.165, 1.54) is 32.1 Å². The minimum atomic E-state index is 0.0110. The van der Waals surface area contributed by atoms with E-state index in [9.17, 15) is 5.11 Å². The van der Waals surface area contributed by atoms with E-state index in [4.69, 9.17) is 0 Å². The molecule has 1 heteroatoms. The molecule has 0 amide bonds. The minimum Gasteiger partial charge on any atom is -0.393 e. The lowest BCUT2D eigenvalue weighted by atomic mass is 9.91. The highest BCUT2D eigenvalue weighted by Gasteiger charge is 2.30. The Kier molecular flexibility index (Phi) is 4.07. The van der Waals surface area contributed by atoms with Crippen LogP contribution in [0.4, 0.5) is 0 Å². The monoisotopic (exact) mass is 170 g/mol. The van der Waals surface area contributed by atoms with E-state index in [1.54, 1.807) is 0 Å². The van der Waals surface area contributed by atoms with Crippen molar-refractivity contribution in [2.24, 2.45) is 11.8 Å². The first kappa shape index (κ1) is 10.0. The summed E-state index contributed by atoms with van der Waals surface area (Å²) in [5.74, 6) is 1.37. The highest BCUT2D eigenvalue weighted by atomic mass is 16.3. The maximum absolute atomic E-state index is 9.66. The average molecular weight is 170 g/mol. The average Bonchev–Trinajstić information content (AvgIpc) is 2.35. The molecule has 0 aliphatic heterocycles. The topological polar surface area (TPSA) is 20.2 Å². The molecule has 0 aromatic carbocycles. The molecule has 1 aliphatic carbocycles. The second-order valence-electron chi connectivity index (χ2n) is 4.28. The van der Waals surface area contributed by atoms with Crippen LogP contribution in [0.1, 0.15) is 52.4 Å². The predicted octanol–water partition coefficient (Wildman–Crippen LogP) is 2.97. The quantitative estimate of drug-likeness (QED) is 0.643. The fourth-order valence-corrected chi connectivity index (χ4v) is 2.35. The van der Waals surface area contributed by atoms with Crippen LogP contribution in [0.15, 0.2) is 0 Å². The number of hydrogen-bond donors (Lipinski definition) is 1. The van der Waals surface area contributed by atoms with Crippen LogP contribution < -0.4 is 0 Å². The summed E-state index contributed by atoms with van der Waals surface area (Å²) in [6, 6.07) is 0. The van der Waals surface area contributed by atoms with Crippen LogP contribution in [0.5, 0.6) is 0 Å². The minimum absolute atomic E-state index is 0.0110. The lowest BCUT2D eigenvalue weighted by Gasteiger charge is -2.18. The first-order valence-electron chi connectivity index (χ1n) is 5.43. The lowest BCUT2D eigenvalue weighted by molar-refractivity contribution is 0.113. The van der Waals surface area contributed by atoms with Crippen LogP contribution in [0, 0.1) is 11.8 Å². The normalized spacial score (nSPS) is 35.8. The maximum atomic E-state index is 9.66. The van der Waals surface area contributed by atoms with Gasteiger partial charge in [-0.15, -0.1) is 0 Å². The van der Waals surface area contributed by atoms with Crippen LogP contribution in [0.2, 0.25) is 0 Å². The molecular weight excluding hydrogens is 148 g/mol. The van der Waals surface area contributed by atoms with Gasteiger partial charge in [0, 0.05) is 0 Å². The lowest BCUT2D eigenvalue weighted by Crippen LogP contribution is -2.17. The Bertz CT molecular complexity index is 112. The first-order chi connectivity index (χ1) is 5.75. The van der Waals surface area contributed by atoms with Gasteiger partial charge in [0.1, 0.15) is 0 Å². The molecule has 0 bridgehead atoms. The van der Waals surface area contributed by atoms with E-state index in [1.807, 2.05) is 0 Å². The zero-order chi connectivity index (χ0) is 8.97. The van der Waals surface area contributed by atoms with Gasteiger partial charge in [-0.2, -0.15) is 0 Å². The van der Waals surface area contributed by atoms with Crippen molar-refractivity contribution in [3.8, 4) is 0 Å². The molecule has 0 spiro atoms. The molecule has 0 saturated heterocycles. The fourth-order valence-electron chi connectivity index (χ4n) is 2.35. The van der Waals surface area contributed by atoms with Gasteiger partial charge in [0.2, 0.25) is 0 Å². The molecule has 1 rings (SSSR count). The maximum Gasteiger partial charge on any atom is 0.0571 e. The van der Waals surface area contributed by atoms with Crippen LogP contribution in [-0.2, 0) is 0 Å². The molecule has 1 aliphatic rings. The number of unbranched alkanes of at least 4 members (excludes halogenated alkanes) is 2. The van der Waals surface area contributed by atoms with Crippen molar-refractivity contribution in [1.82, 2.24) is 0 Å². The Hall–Kier alpha value is -0.0400. The molecule has 1 saturated carbocycles. The summed E-state index contributed by atoms with van der Waals surface area (Å²) in [5, 5.41) is 9.66. The molecular formula is C11H22O. The third-order valence-corrected chi connectivity index (χ3v) is 3.28. The zero-order valence-electron chi connectivity index (χ0n) is 8.42. The molecule has 3 atom stereocenters. The van der Waals surface area contributed by atoms with E-state index in [0.717, 1.165) is 12.3 Å². The van der Waals surface area contributed by atoms with E-state index in [0.29, 0.717) is 5.92 Å². The van der Waals surface area contributed by atoms with Gasteiger partial charge in [0.15, 0.2) is 0 Å². The number of aliphatic hydroxyl groups is 1. The smallest absolute Gasteiger partial charge is 0.0571 e. The molecule has 0 aromatic rings. The summed E-state index contributed by atoms with van der Waals surface area (Å²) < 4.78 is 0. The van der Waals surface area contributed by atoms with E-state index in [2.05, 4.69) is 13.8 Å². The van der Waals surface area contributed by atoms with Gasteiger partial charge in [0.25, 0.3) is 0 Å². The van der Waals surface area contributed by atoms with Gasteiger partial charge in [-0.3, -0.25) is 0 Å². The van der Waals surface area contributed by atoms with Gasteiger partial charge < -0.3 is 5.11 Å². The Morgan fingerprint density at radius 3 is 2.50 bits per heavy atom. The Morgan fingerprint density at radius 1 is 1.25 bits per heavy atom. The van der Waals surface area contributed by atoms with Crippen LogP contribution in [-0.4, -0.2) is 11.2 Å². The summed E-state index contributed by atoms with van der Waals surface area (Å²) >= 11 is 0. The van der Waals surface area contributed by atoms with Crippen molar-refractivity contribution >= 4 is 0 Å². The van der Waals surface area contributed by atoms with Crippen LogP contribution in [0.25, 0.3) is 0 Å². The van der Waals surface area contributed by atoms with Crippen molar-refractivity contribution in [2.75, 3.05) is 0 Å². The van der Waals surface area contributed by atoms with Crippen molar-refractivity contribution < 1.29 is 5.11 Å². The molecule has 0 heterocycles. The van der Waals surface area contributed by atoms with E-state index >= 15 is 0 Å². The van der Waals surface area contributed by atoms with Crippen molar-refractivity contribution in [3.05, 3.63) is 0 Å². The number of aliphatic hydroxyl groups excluding tert-OH is 1. The Balaban J connectivity index is 2.20. The number of hydrogen-bond acceptors (Lipinski definition) is 1. The highest BCUT2D eigenvalue weighted by molar-refractivity contribution is 4.81. The van der Waals surface area contributed by atoms with Gasteiger partial charge in [-0.1, -0.05) is 33.1 Å². The molecule has 1 nitrogen and oxygen atoms in total. The number of rotatable bonds is 4. The van der Waals surface area contributed by atoms with Crippen LogP contribution >= 0.6 is 0 Å². The third-order valence-electron chi connectivity index (χ3n) is 3.28. The summed E-state index contributed by atoms with van der Waals surface area (Å²) in [6.07, 6.45) is 7.46.